The van der Waals surface area contributed by atoms with E-state index < -0.39 is 0 Å². The van der Waals surface area contributed by atoms with Gasteiger partial charge < -0.3 is 9.47 Å². The monoisotopic (exact) mass is 324 g/mol. The van der Waals surface area contributed by atoms with Crippen LogP contribution in [0.1, 0.15) is 50.2 Å². The summed E-state index contributed by atoms with van der Waals surface area (Å²) in [7, 11) is 0. The summed E-state index contributed by atoms with van der Waals surface area (Å²) in [6, 6.07) is 6.78. The van der Waals surface area contributed by atoms with Crippen molar-refractivity contribution in [1.82, 2.24) is 0 Å². The molecule has 1 aromatic carbocycles. The van der Waals surface area contributed by atoms with Crippen LogP contribution >= 0.6 is 0 Å². The van der Waals surface area contributed by atoms with Gasteiger partial charge in [-0.1, -0.05) is 42.9 Å². The molecule has 1 fully saturated rings. The second kappa shape index (κ2) is 7.14. The molecule has 128 valence electrons. The lowest BCUT2D eigenvalue weighted by atomic mass is 9.97. The van der Waals surface area contributed by atoms with Crippen LogP contribution in [0.4, 0.5) is 0 Å². The molecule has 2 aliphatic carbocycles. The minimum atomic E-state index is 0.300. The third kappa shape index (κ3) is 3.92. The Morgan fingerprint density at radius 3 is 2.88 bits per heavy atom. The lowest BCUT2D eigenvalue weighted by Gasteiger charge is -2.17. The average molecular weight is 324 g/mol. The van der Waals surface area contributed by atoms with Crippen LogP contribution in [0.2, 0.25) is 0 Å². The lowest BCUT2D eigenvalue weighted by molar-refractivity contribution is 0.0778. The molecule has 2 nitrogen and oxygen atoms in total. The van der Waals surface area contributed by atoms with Crippen LogP contribution in [-0.2, 0) is 17.6 Å². The molecule has 0 N–H and O–H groups in total. The lowest BCUT2D eigenvalue weighted by Crippen LogP contribution is -2.13. The highest BCUT2D eigenvalue weighted by Gasteiger charge is 2.23. The van der Waals surface area contributed by atoms with Gasteiger partial charge in [-0.25, -0.2) is 0 Å². The van der Waals surface area contributed by atoms with Gasteiger partial charge in [0.25, 0.3) is 0 Å². The number of aryl methyl sites for hydroxylation is 1. The molecule has 2 heteroatoms. The van der Waals surface area contributed by atoms with Crippen LogP contribution in [0, 0.1) is 5.92 Å². The zero-order valence-electron chi connectivity index (χ0n) is 14.7. The van der Waals surface area contributed by atoms with Gasteiger partial charge in [-0.15, -0.1) is 0 Å². The maximum Gasteiger partial charge on any atom is 0.123 e. The number of ether oxygens (including phenoxy) is 2. The predicted octanol–water partition coefficient (Wildman–Crippen LogP) is 5.01. The molecular formula is C22H28O2. The van der Waals surface area contributed by atoms with Gasteiger partial charge in [0.2, 0.25) is 0 Å². The molecule has 0 saturated heterocycles. The Morgan fingerprint density at radius 2 is 2.12 bits per heavy atom. The highest BCUT2D eigenvalue weighted by molar-refractivity contribution is 5.41. The van der Waals surface area contributed by atoms with E-state index in [1.807, 2.05) is 0 Å². The third-order valence-electron chi connectivity index (χ3n) is 5.41. The predicted molar refractivity (Wildman–Crippen MR) is 97.5 cm³/mol. The van der Waals surface area contributed by atoms with E-state index in [9.17, 15) is 0 Å². The summed E-state index contributed by atoms with van der Waals surface area (Å²) in [5.41, 5.74) is 4.19. The Kier molecular flexibility index (Phi) is 4.75. The standard InChI is InChI=1S/C22H28O2/c1-2-20-14-19-10-7-17(13-22(19)24-20)4-3-16-8-11-21(12-9-16)23-15-18-5-6-18/h7-11,13,18,20-21H,2-6,12,14-15H2,1H3/t20-,21?/m1/s1. The molecule has 1 heterocycles. The molecule has 2 atom stereocenters. The van der Waals surface area contributed by atoms with Crippen LogP contribution in [0.3, 0.4) is 0 Å². The Morgan fingerprint density at radius 1 is 1.21 bits per heavy atom. The van der Waals surface area contributed by atoms with E-state index in [0.717, 1.165) is 50.4 Å². The number of allylic oxidation sites excluding steroid dienone is 2. The van der Waals surface area contributed by atoms with Crippen LogP contribution in [0.25, 0.3) is 0 Å². The van der Waals surface area contributed by atoms with Gasteiger partial charge in [-0.2, -0.15) is 0 Å². The Labute approximate surface area is 145 Å². The van der Waals surface area contributed by atoms with Crippen LogP contribution < -0.4 is 4.74 Å². The topological polar surface area (TPSA) is 18.5 Å². The van der Waals surface area contributed by atoms with Crippen molar-refractivity contribution in [2.24, 2.45) is 5.92 Å². The van der Waals surface area contributed by atoms with E-state index in [4.69, 9.17) is 9.47 Å². The molecular weight excluding hydrogens is 296 g/mol. The molecule has 0 aromatic heterocycles. The summed E-state index contributed by atoms with van der Waals surface area (Å²) in [5, 5.41) is 0. The summed E-state index contributed by atoms with van der Waals surface area (Å²) in [4.78, 5) is 0. The quantitative estimate of drug-likeness (QED) is 0.701. The van der Waals surface area contributed by atoms with E-state index in [-0.39, 0.29) is 0 Å². The highest BCUT2D eigenvalue weighted by atomic mass is 16.5. The Hall–Kier alpha value is -1.54. The first-order valence-corrected chi connectivity index (χ1v) is 9.57. The van der Waals surface area contributed by atoms with Gasteiger partial charge >= 0.3 is 0 Å². The number of benzene rings is 1. The first kappa shape index (κ1) is 16.0. The van der Waals surface area contributed by atoms with Crippen molar-refractivity contribution in [3.63, 3.8) is 0 Å². The molecule has 4 rings (SSSR count). The summed E-state index contributed by atoms with van der Waals surface area (Å²) in [6.07, 6.45) is 15.6. The smallest absolute Gasteiger partial charge is 0.123 e. The zero-order chi connectivity index (χ0) is 16.4. The maximum atomic E-state index is 6.01. The summed E-state index contributed by atoms with van der Waals surface area (Å²) >= 11 is 0. The van der Waals surface area contributed by atoms with Gasteiger partial charge in [0, 0.05) is 6.42 Å². The second-order valence-electron chi connectivity index (χ2n) is 7.48. The summed E-state index contributed by atoms with van der Waals surface area (Å²) < 4.78 is 11.9. The van der Waals surface area contributed by atoms with Crippen molar-refractivity contribution in [3.05, 3.63) is 53.1 Å². The minimum Gasteiger partial charge on any atom is -0.490 e. The number of rotatable bonds is 7. The van der Waals surface area contributed by atoms with Crippen molar-refractivity contribution >= 4 is 0 Å². The fourth-order valence-corrected chi connectivity index (χ4v) is 3.51. The van der Waals surface area contributed by atoms with Gasteiger partial charge in [0.1, 0.15) is 11.9 Å². The first-order chi connectivity index (χ1) is 11.8. The molecule has 0 radical (unpaired) electrons. The number of hydrogen-bond acceptors (Lipinski definition) is 2. The van der Waals surface area contributed by atoms with Gasteiger partial charge in [0.15, 0.2) is 0 Å². The number of fused-ring (bicyclic) bond motifs is 1. The molecule has 24 heavy (non-hydrogen) atoms. The fourth-order valence-electron chi connectivity index (χ4n) is 3.51. The van der Waals surface area contributed by atoms with Crippen molar-refractivity contribution in [2.45, 2.75) is 64.1 Å². The van der Waals surface area contributed by atoms with Gasteiger partial charge in [0.05, 0.1) is 12.7 Å². The second-order valence-corrected chi connectivity index (χ2v) is 7.48. The Bertz CT molecular complexity index is 639. The minimum absolute atomic E-state index is 0.300. The molecule has 0 amide bonds. The summed E-state index contributed by atoms with van der Waals surface area (Å²) in [5.74, 6) is 1.96. The van der Waals surface area contributed by atoms with Gasteiger partial charge in [-0.05, 0) is 61.6 Å². The van der Waals surface area contributed by atoms with Crippen molar-refractivity contribution in [1.29, 1.82) is 0 Å². The number of hydrogen-bond donors (Lipinski definition) is 0. The third-order valence-corrected chi connectivity index (χ3v) is 5.41. The van der Waals surface area contributed by atoms with Crippen LogP contribution in [0.5, 0.6) is 5.75 Å². The molecule has 1 aliphatic heterocycles. The first-order valence-electron chi connectivity index (χ1n) is 9.57. The molecule has 0 spiro atoms. The molecule has 1 saturated carbocycles. The fraction of sp³-hybridized carbons (Fsp3) is 0.545. The van der Waals surface area contributed by atoms with Crippen molar-refractivity contribution < 1.29 is 9.47 Å². The molecule has 3 aliphatic rings. The summed E-state index contributed by atoms with van der Waals surface area (Å²) in [6.45, 7) is 3.15. The largest absolute Gasteiger partial charge is 0.490 e. The molecule has 0 bridgehead atoms. The van der Waals surface area contributed by atoms with E-state index in [1.165, 1.54) is 29.5 Å². The van der Waals surface area contributed by atoms with E-state index in [0.29, 0.717) is 12.2 Å². The maximum absolute atomic E-state index is 6.01. The molecule has 1 unspecified atom stereocenters. The van der Waals surface area contributed by atoms with Crippen LogP contribution in [-0.4, -0.2) is 18.8 Å². The van der Waals surface area contributed by atoms with Crippen molar-refractivity contribution in [3.8, 4) is 5.75 Å². The van der Waals surface area contributed by atoms with E-state index in [2.05, 4.69) is 43.4 Å². The van der Waals surface area contributed by atoms with Crippen molar-refractivity contribution in [2.75, 3.05) is 6.61 Å². The Balaban J connectivity index is 1.26. The van der Waals surface area contributed by atoms with E-state index in [1.54, 1.807) is 0 Å². The van der Waals surface area contributed by atoms with Gasteiger partial charge in [-0.3, -0.25) is 0 Å². The highest BCUT2D eigenvalue weighted by Crippen LogP contribution is 2.32. The van der Waals surface area contributed by atoms with E-state index >= 15 is 0 Å². The average Bonchev–Trinajstić information content (AvgIpc) is 3.36. The zero-order valence-corrected chi connectivity index (χ0v) is 14.7. The van der Waals surface area contributed by atoms with Crippen LogP contribution in [0.15, 0.2) is 42.0 Å². The molecule has 1 aromatic rings. The normalized spacial score (nSPS) is 25.3. The SMILES string of the molecule is CC[C@@H]1Cc2ccc(CCC3=CCC(OCC4CC4)C=C3)cc2O1.